The third-order valence-electron chi connectivity index (χ3n) is 4.13. The molecule has 7 heteroatoms. The maximum absolute atomic E-state index is 13.3. The fourth-order valence-electron chi connectivity index (χ4n) is 2.74. The first-order chi connectivity index (χ1) is 11.0. The zero-order valence-electron chi connectivity index (χ0n) is 12.6. The van der Waals surface area contributed by atoms with E-state index >= 15 is 0 Å². The van der Waals surface area contributed by atoms with E-state index in [4.69, 9.17) is 0 Å². The average Bonchev–Trinajstić information content (AvgIpc) is 3.30. The standard InChI is InChI=1S/C16H19F2N3O2/c17-12-4-1-10(7-13(12)18)9-21-6-5-19-16(23)14(21)8-15(22)20-11-2-3-11/h1,4,7,11,14H,2-3,5-6,8-9H2,(H,19,23)(H,20,22)/t14-/m1/s1. The van der Waals surface area contributed by atoms with Crippen molar-refractivity contribution in [3.63, 3.8) is 0 Å². The minimum atomic E-state index is -0.910. The molecule has 1 aromatic carbocycles. The summed E-state index contributed by atoms with van der Waals surface area (Å²) in [5.41, 5.74) is 0.575. The minimum absolute atomic E-state index is 0.0754. The van der Waals surface area contributed by atoms with Crippen LogP contribution in [0.15, 0.2) is 18.2 Å². The number of carbonyl (C=O) groups is 2. The van der Waals surface area contributed by atoms with Gasteiger partial charge in [-0.05, 0) is 30.5 Å². The summed E-state index contributed by atoms with van der Waals surface area (Å²) in [5, 5.41) is 5.62. The van der Waals surface area contributed by atoms with Crippen molar-refractivity contribution in [2.75, 3.05) is 13.1 Å². The highest BCUT2D eigenvalue weighted by atomic mass is 19.2. The highest BCUT2D eigenvalue weighted by molar-refractivity contribution is 5.89. The number of carbonyl (C=O) groups excluding carboxylic acids is 2. The number of hydrogen-bond donors (Lipinski definition) is 2. The Kier molecular flexibility index (Phi) is 4.56. The summed E-state index contributed by atoms with van der Waals surface area (Å²) in [6, 6.07) is 3.35. The lowest BCUT2D eigenvalue weighted by Crippen LogP contribution is -2.56. The van der Waals surface area contributed by atoms with Gasteiger partial charge in [0.05, 0.1) is 12.5 Å². The first-order valence-corrected chi connectivity index (χ1v) is 7.78. The minimum Gasteiger partial charge on any atom is -0.353 e. The van der Waals surface area contributed by atoms with Crippen LogP contribution < -0.4 is 10.6 Å². The largest absolute Gasteiger partial charge is 0.353 e. The second-order valence-electron chi connectivity index (χ2n) is 6.07. The molecule has 1 saturated heterocycles. The quantitative estimate of drug-likeness (QED) is 0.848. The number of nitrogens with zero attached hydrogens (tertiary/aromatic N) is 1. The molecule has 2 amide bonds. The van der Waals surface area contributed by atoms with Crippen molar-refractivity contribution < 1.29 is 18.4 Å². The molecule has 2 N–H and O–H groups in total. The Balaban J connectivity index is 1.67. The molecule has 5 nitrogen and oxygen atoms in total. The van der Waals surface area contributed by atoms with E-state index in [1.165, 1.54) is 6.07 Å². The summed E-state index contributed by atoms with van der Waals surface area (Å²) in [6.45, 7) is 1.33. The molecule has 124 valence electrons. The van der Waals surface area contributed by atoms with Gasteiger partial charge in [-0.25, -0.2) is 8.78 Å². The summed E-state index contributed by atoms with van der Waals surface area (Å²) in [6.07, 6.45) is 2.05. The number of amides is 2. The fraction of sp³-hybridized carbons (Fsp3) is 0.500. The second kappa shape index (κ2) is 6.62. The van der Waals surface area contributed by atoms with Gasteiger partial charge in [-0.15, -0.1) is 0 Å². The molecule has 1 aromatic rings. The number of rotatable bonds is 5. The van der Waals surface area contributed by atoms with E-state index in [1.807, 2.05) is 4.90 Å². The fourth-order valence-corrected chi connectivity index (χ4v) is 2.74. The molecule has 1 aliphatic carbocycles. The van der Waals surface area contributed by atoms with Gasteiger partial charge in [-0.2, -0.15) is 0 Å². The Bertz CT molecular complexity index is 619. The molecule has 1 atom stereocenters. The van der Waals surface area contributed by atoms with Crippen LogP contribution in [0.4, 0.5) is 8.78 Å². The summed E-state index contributed by atoms with van der Waals surface area (Å²) in [4.78, 5) is 25.9. The average molecular weight is 323 g/mol. The SMILES string of the molecule is O=C(C[C@@H]1C(=O)NCCN1Cc1ccc(F)c(F)c1)NC1CC1. The molecular formula is C16H19F2N3O2. The Morgan fingerprint density at radius 3 is 2.78 bits per heavy atom. The van der Waals surface area contributed by atoms with Crippen LogP contribution >= 0.6 is 0 Å². The monoisotopic (exact) mass is 323 g/mol. The molecule has 23 heavy (non-hydrogen) atoms. The lowest BCUT2D eigenvalue weighted by molar-refractivity contribution is -0.134. The lowest BCUT2D eigenvalue weighted by Gasteiger charge is -2.34. The van der Waals surface area contributed by atoms with Crippen LogP contribution in [-0.2, 0) is 16.1 Å². The van der Waals surface area contributed by atoms with Crippen molar-refractivity contribution in [3.8, 4) is 0 Å². The number of hydrogen-bond acceptors (Lipinski definition) is 3. The van der Waals surface area contributed by atoms with Gasteiger partial charge in [0.1, 0.15) is 0 Å². The molecule has 0 unspecified atom stereocenters. The maximum atomic E-state index is 13.3. The summed E-state index contributed by atoms with van der Waals surface area (Å²) in [5.74, 6) is -2.16. The second-order valence-corrected chi connectivity index (χ2v) is 6.07. The number of piperazine rings is 1. The van der Waals surface area contributed by atoms with Gasteiger partial charge in [0.25, 0.3) is 0 Å². The highest BCUT2D eigenvalue weighted by Crippen LogP contribution is 2.20. The molecular weight excluding hydrogens is 304 g/mol. The van der Waals surface area contributed by atoms with E-state index in [1.54, 1.807) is 0 Å². The first kappa shape index (κ1) is 15.9. The number of nitrogens with one attached hydrogen (secondary N) is 2. The molecule has 2 aliphatic rings. The smallest absolute Gasteiger partial charge is 0.237 e. The molecule has 1 aliphatic heterocycles. The Labute approximate surface area is 133 Å². The molecule has 0 aromatic heterocycles. The molecule has 0 spiro atoms. The van der Waals surface area contributed by atoms with Crippen LogP contribution in [0, 0.1) is 11.6 Å². The van der Waals surface area contributed by atoms with E-state index in [0.717, 1.165) is 25.0 Å². The molecule has 0 radical (unpaired) electrons. The first-order valence-electron chi connectivity index (χ1n) is 7.78. The van der Waals surface area contributed by atoms with Crippen molar-refractivity contribution in [3.05, 3.63) is 35.4 Å². The van der Waals surface area contributed by atoms with Crippen molar-refractivity contribution in [1.82, 2.24) is 15.5 Å². The zero-order valence-corrected chi connectivity index (χ0v) is 12.6. The van der Waals surface area contributed by atoms with Gasteiger partial charge in [-0.3, -0.25) is 14.5 Å². The van der Waals surface area contributed by atoms with E-state index in [0.29, 0.717) is 25.2 Å². The van der Waals surface area contributed by atoms with Gasteiger partial charge in [-0.1, -0.05) is 6.07 Å². The Morgan fingerprint density at radius 2 is 2.09 bits per heavy atom. The van der Waals surface area contributed by atoms with Gasteiger partial charge in [0.2, 0.25) is 11.8 Å². The van der Waals surface area contributed by atoms with Crippen LogP contribution in [0.2, 0.25) is 0 Å². The number of benzene rings is 1. The lowest BCUT2D eigenvalue weighted by atomic mass is 10.1. The van der Waals surface area contributed by atoms with E-state index in [9.17, 15) is 18.4 Å². The summed E-state index contributed by atoms with van der Waals surface area (Å²) >= 11 is 0. The third kappa shape index (κ3) is 4.04. The van der Waals surface area contributed by atoms with E-state index < -0.39 is 17.7 Å². The molecule has 1 heterocycles. The van der Waals surface area contributed by atoms with Crippen molar-refractivity contribution >= 4 is 11.8 Å². The van der Waals surface area contributed by atoms with Crippen LogP contribution in [0.25, 0.3) is 0 Å². The van der Waals surface area contributed by atoms with E-state index in [2.05, 4.69) is 10.6 Å². The topological polar surface area (TPSA) is 61.4 Å². The van der Waals surface area contributed by atoms with Crippen LogP contribution in [0.3, 0.4) is 0 Å². The van der Waals surface area contributed by atoms with Crippen LogP contribution in [-0.4, -0.2) is 41.9 Å². The van der Waals surface area contributed by atoms with Gasteiger partial charge in [0.15, 0.2) is 11.6 Å². The zero-order chi connectivity index (χ0) is 16.4. The van der Waals surface area contributed by atoms with Crippen LogP contribution in [0.1, 0.15) is 24.8 Å². The van der Waals surface area contributed by atoms with Crippen molar-refractivity contribution in [2.45, 2.75) is 37.9 Å². The van der Waals surface area contributed by atoms with E-state index in [-0.39, 0.29) is 24.3 Å². The third-order valence-corrected chi connectivity index (χ3v) is 4.13. The molecule has 3 rings (SSSR count). The molecule has 1 saturated carbocycles. The normalized spacial score (nSPS) is 21.8. The molecule has 2 fully saturated rings. The highest BCUT2D eigenvalue weighted by Gasteiger charge is 2.33. The van der Waals surface area contributed by atoms with Crippen molar-refractivity contribution in [1.29, 1.82) is 0 Å². The Morgan fingerprint density at radius 1 is 1.30 bits per heavy atom. The van der Waals surface area contributed by atoms with Crippen LogP contribution in [0.5, 0.6) is 0 Å². The maximum Gasteiger partial charge on any atom is 0.237 e. The van der Waals surface area contributed by atoms with Gasteiger partial charge in [0, 0.05) is 25.7 Å². The van der Waals surface area contributed by atoms with Gasteiger partial charge >= 0.3 is 0 Å². The van der Waals surface area contributed by atoms with Gasteiger partial charge < -0.3 is 10.6 Å². The summed E-state index contributed by atoms with van der Waals surface area (Å²) in [7, 11) is 0. The predicted molar refractivity (Wildman–Crippen MR) is 79.3 cm³/mol. The van der Waals surface area contributed by atoms with Crippen molar-refractivity contribution in [2.24, 2.45) is 0 Å². The number of halogens is 2. The summed E-state index contributed by atoms with van der Waals surface area (Å²) < 4.78 is 26.3. The Hall–Kier alpha value is -2.02. The molecule has 0 bridgehead atoms. The predicted octanol–water partition coefficient (Wildman–Crippen LogP) is 0.934.